The lowest BCUT2D eigenvalue weighted by Gasteiger charge is -2.17. The third kappa shape index (κ3) is 4.10. The number of hydrogen-bond donors (Lipinski definition) is 3. The number of aromatic nitrogens is 1. The standard InChI is InChI=1S/C11H15N3O2.2ClH/c15-7-9-5-13-6-10(9)14-11(16)8-1-3-12-4-2-8;;/h1-4,9-10,13,15H,5-7H2,(H,14,16);2*1H/t9-,10+;;/m0../s1. The Bertz CT molecular complexity index is 365. The van der Waals surface area contributed by atoms with Crippen molar-refractivity contribution < 1.29 is 9.90 Å². The summed E-state index contributed by atoms with van der Waals surface area (Å²) in [5, 5.41) is 15.2. The number of carbonyl (C=O) groups excluding carboxylic acids is 1. The average molecular weight is 294 g/mol. The molecule has 0 aromatic carbocycles. The molecule has 18 heavy (non-hydrogen) atoms. The van der Waals surface area contributed by atoms with Crippen molar-refractivity contribution in [2.75, 3.05) is 19.7 Å². The largest absolute Gasteiger partial charge is 0.396 e. The van der Waals surface area contributed by atoms with Gasteiger partial charge in [-0.25, -0.2) is 0 Å². The summed E-state index contributed by atoms with van der Waals surface area (Å²) in [5.41, 5.74) is 0.596. The Morgan fingerprint density at radius 2 is 2.06 bits per heavy atom. The van der Waals surface area contributed by atoms with Gasteiger partial charge in [0.05, 0.1) is 0 Å². The highest BCUT2D eigenvalue weighted by molar-refractivity contribution is 5.94. The van der Waals surface area contributed by atoms with Crippen LogP contribution in [0.15, 0.2) is 24.5 Å². The normalized spacial score (nSPS) is 21.6. The van der Waals surface area contributed by atoms with E-state index in [1.54, 1.807) is 24.5 Å². The van der Waals surface area contributed by atoms with E-state index in [9.17, 15) is 4.79 Å². The molecule has 1 aliphatic rings. The van der Waals surface area contributed by atoms with Crippen LogP contribution in [0.25, 0.3) is 0 Å². The highest BCUT2D eigenvalue weighted by Crippen LogP contribution is 2.09. The number of aliphatic hydroxyl groups excluding tert-OH is 1. The van der Waals surface area contributed by atoms with Crippen LogP contribution in [-0.2, 0) is 0 Å². The number of halogens is 2. The number of aliphatic hydroxyl groups is 1. The lowest BCUT2D eigenvalue weighted by molar-refractivity contribution is 0.0921. The summed E-state index contributed by atoms with van der Waals surface area (Å²) in [5.74, 6) is -0.0136. The lowest BCUT2D eigenvalue weighted by Crippen LogP contribution is -2.41. The first-order valence-corrected chi connectivity index (χ1v) is 5.33. The van der Waals surface area contributed by atoms with Gasteiger partial charge in [0.1, 0.15) is 0 Å². The molecule has 2 atom stereocenters. The number of nitrogens with one attached hydrogen (secondary N) is 2. The van der Waals surface area contributed by atoms with E-state index in [2.05, 4.69) is 15.6 Å². The van der Waals surface area contributed by atoms with Crippen LogP contribution in [0.5, 0.6) is 0 Å². The van der Waals surface area contributed by atoms with Gasteiger partial charge in [0, 0.05) is 49.6 Å². The van der Waals surface area contributed by atoms with E-state index in [1.807, 2.05) is 0 Å². The zero-order chi connectivity index (χ0) is 11.4. The fourth-order valence-corrected chi connectivity index (χ4v) is 1.85. The first-order chi connectivity index (χ1) is 7.81. The first kappa shape index (κ1) is 17.1. The molecule has 0 saturated carbocycles. The van der Waals surface area contributed by atoms with Gasteiger partial charge in [0.2, 0.25) is 0 Å². The van der Waals surface area contributed by atoms with Crippen molar-refractivity contribution in [3.05, 3.63) is 30.1 Å². The van der Waals surface area contributed by atoms with Gasteiger partial charge in [-0.05, 0) is 12.1 Å². The predicted molar refractivity (Wildman–Crippen MR) is 73.4 cm³/mol. The molecule has 3 N–H and O–H groups in total. The summed E-state index contributed by atoms with van der Waals surface area (Å²) >= 11 is 0. The van der Waals surface area contributed by atoms with Crippen molar-refractivity contribution in [2.45, 2.75) is 6.04 Å². The molecule has 0 aliphatic carbocycles. The Hall–Kier alpha value is -0.880. The van der Waals surface area contributed by atoms with Gasteiger partial charge in [-0.15, -0.1) is 24.8 Å². The summed E-state index contributed by atoms with van der Waals surface area (Å²) in [7, 11) is 0. The van der Waals surface area contributed by atoms with Crippen molar-refractivity contribution in [3.63, 3.8) is 0 Å². The molecule has 1 saturated heterocycles. The topological polar surface area (TPSA) is 74.2 Å². The third-order valence-electron chi connectivity index (χ3n) is 2.83. The second-order valence-electron chi connectivity index (χ2n) is 3.92. The zero-order valence-corrected chi connectivity index (χ0v) is 11.3. The van der Waals surface area contributed by atoms with Crippen molar-refractivity contribution in [3.8, 4) is 0 Å². The Morgan fingerprint density at radius 1 is 1.39 bits per heavy atom. The number of hydrogen-bond acceptors (Lipinski definition) is 4. The number of carbonyl (C=O) groups is 1. The number of nitrogens with zero attached hydrogens (tertiary/aromatic N) is 1. The molecular weight excluding hydrogens is 277 g/mol. The molecular formula is C11H17Cl2N3O2. The van der Waals surface area contributed by atoms with Crippen molar-refractivity contribution in [2.24, 2.45) is 5.92 Å². The smallest absolute Gasteiger partial charge is 0.251 e. The van der Waals surface area contributed by atoms with E-state index in [-0.39, 0.29) is 49.3 Å². The van der Waals surface area contributed by atoms with Gasteiger partial charge >= 0.3 is 0 Å². The monoisotopic (exact) mass is 293 g/mol. The molecule has 5 nitrogen and oxygen atoms in total. The van der Waals surface area contributed by atoms with E-state index in [0.717, 1.165) is 6.54 Å². The maximum atomic E-state index is 11.8. The second kappa shape index (κ2) is 8.26. The fraction of sp³-hybridized carbons (Fsp3) is 0.455. The second-order valence-corrected chi connectivity index (χ2v) is 3.92. The SMILES string of the molecule is Cl.Cl.O=C(N[C@@H]1CNC[C@H]1CO)c1ccncc1. The molecule has 1 aliphatic heterocycles. The van der Waals surface area contributed by atoms with Crippen LogP contribution in [-0.4, -0.2) is 41.7 Å². The molecule has 1 aromatic heterocycles. The summed E-state index contributed by atoms with van der Waals surface area (Å²) in [6.07, 6.45) is 3.18. The minimum atomic E-state index is -0.116. The molecule has 102 valence electrons. The van der Waals surface area contributed by atoms with Gasteiger partial charge < -0.3 is 15.7 Å². The molecule has 2 heterocycles. The van der Waals surface area contributed by atoms with Crippen LogP contribution < -0.4 is 10.6 Å². The summed E-state index contributed by atoms with van der Waals surface area (Å²) in [6.45, 7) is 1.55. The van der Waals surface area contributed by atoms with Crippen LogP contribution in [0, 0.1) is 5.92 Å². The van der Waals surface area contributed by atoms with Crippen molar-refractivity contribution >= 4 is 30.7 Å². The van der Waals surface area contributed by atoms with Gasteiger partial charge in [-0.1, -0.05) is 0 Å². The van der Waals surface area contributed by atoms with Crippen molar-refractivity contribution in [1.29, 1.82) is 0 Å². The quantitative estimate of drug-likeness (QED) is 0.746. The summed E-state index contributed by atoms with van der Waals surface area (Å²) in [6, 6.07) is 3.35. The maximum Gasteiger partial charge on any atom is 0.251 e. The summed E-state index contributed by atoms with van der Waals surface area (Å²) in [4.78, 5) is 15.7. The van der Waals surface area contributed by atoms with Crippen LogP contribution in [0.2, 0.25) is 0 Å². The van der Waals surface area contributed by atoms with Crippen LogP contribution in [0.4, 0.5) is 0 Å². The van der Waals surface area contributed by atoms with Gasteiger partial charge in [-0.2, -0.15) is 0 Å². The van der Waals surface area contributed by atoms with E-state index in [1.165, 1.54) is 0 Å². The molecule has 0 radical (unpaired) electrons. The van der Waals surface area contributed by atoms with Gasteiger partial charge in [0.15, 0.2) is 0 Å². The fourth-order valence-electron chi connectivity index (χ4n) is 1.85. The van der Waals surface area contributed by atoms with Crippen LogP contribution in [0.3, 0.4) is 0 Å². The summed E-state index contributed by atoms with van der Waals surface area (Å²) < 4.78 is 0. The molecule has 1 fully saturated rings. The maximum absolute atomic E-state index is 11.8. The average Bonchev–Trinajstić information content (AvgIpc) is 2.77. The Labute approximate surface area is 118 Å². The lowest BCUT2D eigenvalue weighted by atomic mass is 10.0. The molecule has 0 spiro atoms. The number of amides is 1. The molecule has 7 heteroatoms. The molecule has 0 bridgehead atoms. The highest BCUT2D eigenvalue weighted by atomic mass is 35.5. The molecule has 1 aromatic rings. The van der Waals surface area contributed by atoms with E-state index < -0.39 is 0 Å². The van der Waals surface area contributed by atoms with Gasteiger partial charge in [0.25, 0.3) is 5.91 Å². The Morgan fingerprint density at radius 3 is 2.67 bits per heavy atom. The van der Waals surface area contributed by atoms with Gasteiger partial charge in [-0.3, -0.25) is 9.78 Å². The minimum Gasteiger partial charge on any atom is -0.396 e. The van der Waals surface area contributed by atoms with Crippen LogP contribution in [0.1, 0.15) is 10.4 Å². The molecule has 1 amide bonds. The van der Waals surface area contributed by atoms with Crippen molar-refractivity contribution in [1.82, 2.24) is 15.6 Å². The minimum absolute atomic E-state index is 0. The van der Waals surface area contributed by atoms with E-state index in [0.29, 0.717) is 12.1 Å². The first-order valence-electron chi connectivity index (χ1n) is 5.33. The third-order valence-corrected chi connectivity index (χ3v) is 2.83. The predicted octanol–water partition coefficient (Wildman–Crippen LogP) is 0.235. The molecule has 2 rings (SSSR count). The number of pyridine rings is 1. The number of rotatable bonds is 3. The van der Waals surface area contributed by atoms with E-state index >= 15 is 0 Å². The Kier molecular flexibility index (Phi) is 7.86. The highest BCUT2D eigenvalue weighted by Gasteiger charge is 2.27. The zero-order valence-electron chi connectivity index (χ0n) is 9.70. The van der Waals surface area contributed by atoms with E-state index in [4.69, 9.17) is 5.11 Å². The Balaban J connectivity index is 0.00000144. The van der Waals surface area contributed by atoms with Crippen LogP contribution >= 0.6 is 24.8 Å². The molecule has 0 unspecified atom stereocenters.